The van der Waals surface area contributed by atoms with Crippen LogP contribution >= 0.6 is 0 Å². The minimum absolute atomic E-state index is 0.162. The first kappa shape index (κ1) is 14.5. The van der Waals surface area contributed by atoms with Crippen molar-refractivity contribution in [2.75, 3.05) is 6.54 Å². The molecule has 114 valence electrons. The van der Waals surface area contributed by atoms with E-state index in [4.69, 9.17) is 0 Å². The average molecular weight is 290 g/mol. The van der Waals surface area contributed by atoms with E-state index in [2.05, 4.69) is 5.32 Å². The van der Waals surface area contributed by atoms with Crippen molar-refractivity contribution in [1.29, 1.82) is 0 Å². The molecule has 3 rings (SSSR count). The van der Waals surface area contributed by atoms with Gasteiger partial charge in [-0.15, -0.1) is 0 Å². The van der Waals surface area contributed by atoms with E-state index in [1.165, 1.54) is 12.8 Å². The number of nitrogens with zero attached hydrogens (tertiary/aromatic N) is 1. The van der Waals surface area contributed by atoms with Gasteiger partial charge in [-0.05, 0) is 51.2 Å². The van der Waals surface area contributed by atoms with Crippen LogP contribution in [0.1, 0.15) is 48.5 Å². The first-order valence-electron chi connectivity index (χ1n) is 7.92. The van der Waals surface area contributed by atoms with E-state index in [0.29, 0.717) is 24.2 Å². The predicted octanol–water partition coefficient (Wildman–Crippen LogP) is 2.88. The molecule has 2 aliphatic heterocycles. The molecule has 0 aromatic heterocycles. The summed E-state index contributed by atoms with van der Waals surface area (Å²) in [5.41, 5.74) is 0.741. The number of rotatable bonds is 3. The van der Waals surface area contributed by atoms with Gasteiger partial charge < -0.3 is 10.2 Å². The number of halogens is 1. The van der Waals surface area contributed by atoms with Crippen LogP contribution in [0.25, 0.3) is 0 Å². The molecule has 2 unspecified atom stereocenters. The predicted molar refractivity (Wildman–Crippen MR) is 80.8 cm³/mol. The molecule has 2 bridgehead atoms. The summed E-state index contributed by atoms with van der Waals surface area (Å²) in [5, 5.41) is 3.59. The number of aryl methyl sites for hydroxylation is 1. The van der Waals surface area contributed by atoms with Crippen LogP contribution in [0.15, 0.2) is 18.2 Å². The topological polar surface area (TPSA) is 32.3 Å². The third kappa shape index (κ3) is 2.69. The zero-order valence-electron chi connectivity index (χ0n) is 12.7. The first-order valence-corrected chi connectivity index (χ1v) is 7.92. The van der Waals surface area contributed by atoms with Gasteiger partial charge in [0.05, 0.1) is 5.56 Å². The van der Waals surface area contributed by atoms with Gasteiger partial charge >= 0.3 is 0 Å². The maximum atomic E-state index is 14.2. The van der Waals surface area contributed by atoms with Gasteiger partial charge in [0.1, 0.15) is 5.82 Å². The number of nitrogens with one attached hydrogen (secondary N) is 1. The maximum Gasteiger partial charge on any atom is 0.257 e. The molecule has 4 heteroatoms. The van der Waals surface area contributed by atoms with Crippen LogP contribution in [0.2, 0.25) is 0 Å². The van der Waals surface area contributed by atoms with Gasteiger partial charge in [0.15, 0.2) is 0 Å². The van der Waals surface area contributed by atoms with Gasteiger partial charge in [-0.1, -0.05) is 12.1 Å². The second kappa shape index (κ2) is 5.76. The van der Waals surface area contributed by atoms with Crippen LogP contribution < -0.4 is 5.32 Å². The largest absolute Gasteiger partial charge is 0.336 e. The number of piperidine rings is 1. The molecule has 1 aromatic carbocycles. The van der Waals surface area contributed by atoms with Crippen molar-refractivity contribution in [3.8, 4) is 0 Å². The lowest BCUT2D eigenvalue weighted by atomic mass is 9.97. The Morgan fingerprint density at radius 1 is 1.33 bits per heavy atom. The molecule has 2 saturated heterocycles. The molecular formula is C17H23FN2O. The highest BCUT2D eigenvalue weighted by atomic mass is 19.1. The van der Waals surface area contributed by atoms with Crippen molar-refractivity contribution in [3.63, 3.8) is 0 Å². The van der Waals surface area contributed by atoms with Gasteiger partial charge in [0.2, 0.25) is 0 Å². The highest BCUT2D eigenvalue weighted by Crippen LogP contribution is 2.30. The number of carbonyl (C=O) groups is 1. The molecule has 2 heterocycles. The number of fused-ring (bicyclic) bond motifs is 2. The molecular weight excluding hydrogens is 267 g/mol. The van der Waals surface area contributed by atoms with Crippen LogP contribution in [0.5, 0.6) is 0 Å². The van der Waals surface area contributed by atoms with Gasteiger partial charge in [0.25, 0.3) is 5.91 Å². The Balaban J connectivity index is 1.82. The normalized spacial score (nSPS) is 27.7. The zero-order chi connectivity index (χ0) is 15.0. The average Bonchev–Trinajstić information content (AvgIpc) is 2.81. The van der Waals surface area contributed by atoms with E-state index < -0.39 is 0 Å². The Bertz CT molecular complexity index is 534. The molecule has 2 fully saturated rings. The van der Waals surface area contributed by atoms with Gasteiger partial charge in [-0.2, -0.15) is 0 Å². The summed E-state index contributed by atoms with van der Waals surface area (Å²) in [6.07, 6.45) is 4.38. The summed E-state index contributed by atoms with van der Waals surface area (Å²) < 4.78 is 14.2. The maximum absolute atomic E-state index is 14.2. The fraction of sp³-hybridized carbons (Fsp3) is 0.588. The fourth-order valence-electron chi connectivity index (χ4n) is 3.82. The second-order valence-corrected chi connectivity index (χ2v) is 6.29. The Morgan fingerprint density at radius 3 is 2.62 bits per heavy atom. The lowest BCUT2D eigenvalue weighted by Gasteiger charge is -2.37. The van der Waals surface area contributed by atoms with E-state index in [9.17, 15) is 9.18 Å². The molecule has 2 aliphatic rings. The van der Waals surface area contributed by atoms with Crippen molar-refractivity contribution in [2.24, 2.45) is 0 Å². The third-order valence-corrected chi connectivity index (χ3v) is 4.91. The standard InChI is InChI=1S/C17H23FN2O/c1-3-20(14-9-12-7-8-13(10-14)19-12)17(21)15-6-4-5-11(2)16(15)18/h4-6,12-14,19H,3,7-10H2,1-2H3. The van der Waals surface area contributed by atoms with Crippen LogP contribution in [0.4, 0.5) is 4.39 Å². The van der Waals surface area contributed by atoms with E-state index in [1.807, 2.05) is 11.8 Å². The molecule has 1 N–H and O–H groups in total. The van der Waals surface area contributed by atoms with Crippen molar-refractivity contribution >= 4 is 5.91 Å². The smallest absolute Gasteiger partial charge is 0.257 e. The van der Waals surface area contributed by atoms with Gasteiger partial charge in [0, 0.05) is 24.7 Å². The van der Waals surface area contributed by atoms with E-state index in [1.54, 1.807) is 25.1 Å². The van der Waals surface area contributed by atoms with Crippen LogP contribution in [0, 0.1) is 12.7 Å². The Labute approximate surface area is 125 Å². The van der Waals surface area contributed by atoms with E-state index in [-0.39, 0.29) is 23.3 Å². The fourth-order valence-corrected chi connectivity index (χ4v) is 3.82. The summed E-state index contributed by atoms with van der Waals surface area (Å²) in [5.74, 6) is -0.539. The quantitative estimate of drug-likeness (QED) is 0.928. The number of hydrogen-bond donors (Lipinski definition) is 1. The summed E-state index contributed by atoms with van der Waals surface area (Å²) in [4.78, 5) is 14.6. The van der Waals surface area contributed by atoms with Crippen molar-refractivity contribution in [2.45, 2.75) is 57.7 Å². The minimum Gasteiger partial charge on any atom is -0.336 e. The zero-order valence-corrected chi connectivity index (χ0v) is 12.7. The Hall–Kier alpha value is -1.42. The molecule has 3 nitrogen and oxygen atoms in total. The number of benzene rings is 1. The van der Waals surface area contributed by atoms with Gasteiger partial charge in [-0.3, -0.25) is 4.79 Å². The SMILES string of the molecule is CCN(C(=O)c1cccc(C)c1F)C1CC2CCC(C1)N2. The van der Waals surface area contributed by atoms with Crippen molar-refractivity contribution < 1.29 is 9.18 Å². The van der Waals surface area contributed by atoms with Crippen LogP contribution in [-0.4, -0.2) is 35.5 Å². The highest BCUT2D eigenvalue weighted by Gasteiger charge is 2.37. The molecule has 1 aromatic rings. The number of amides is 1. The summed E-state index contributed by atoms with van der Waals surface area (Å²) >= 11 is 0. The molecule has 1 amide bonds. The third-order valence-electron chi connectivity index (χ3n) is 4.91. The molecule has 0 aliphatic carbocycles. The minimum atomic E-state index is -0.377. The summed E-state index contributed by atoms with van der Waals surface area (Å²) in [6.45, 7) is 4.32. The first-order chi connectivity index (χ1) is 10.1. The highest BCUT2D eigenvalue weighted by molar-refractivity contribution is 5.95. The van der Waals surface area contributed by atoms with E-state index in [0.717, 1.165) is 12.8 Å². The lowest BCUT2D eigenvalue weighted by molar-refractivity contribution is 0.0626. The molecule has 0 spiro atoms. The molecule has 0 radical (unpaired) electrons. The van der Waals surface area contributed by atoms with Crippen LogP contribution in [-0.2, 0) is 0 Å². The number of carbonyl (C=O) groups excluding carboxylic acids is 1. The Morgan fingerprint density at radius 2 is 2.00 bits per heavy atom. The van der Waals surface area contributed by atoms with Gasteiger partial charge in [-0.25, -0.2) is 4.39 Å². The second-order valence-electron chi connectivity index (χ2n) is 6.29. The molecule has 0 saturated carbocycles. The summed E-state index contributed by atoms with van der Waals surface area (Å²) in [6, 6.07) is 6.35. The monoisotopic (exact) mass is 290 g/mol. The van der Waals surface area contributed by atoms with Crippen LogP contribution in [0.3, 0.4) is 0 Å². The lowest BCUT2D eigenvalue weighted by Crippen LogP contribution is -2.50. The Kier molecular flexibility index (Phi) is 3.98. The summed E-state index contributed by atoms with van der Waals surface area (Å²) in [7, 11) is 0. The molecule has 21 heavy (non-hydrogen) atoms. The van der Waals surface area contributed by atoms with Crippen molar-refractivity contribution in [1.82, 2.24) is 10.2 Å². The van der Waals surface area contributed by atoms with Crippen molar-refractivity contribution in [3.05, 3.63) is 35.1 Å². The number of hydrogen-bond acceptors (Lipinski definition) is 2. The molecule has 2 atom stereocenters. The van der Waals surface area contributed by atoms with E-state index >= 15 is 0 Å².